The van der Waals surface area contributed by atoms with E-state index in [0.29, 0.717) is 5.95 Å². The van der Waals surface area contributed by atoms with Crippen LogP contribution in [-0.2, 0) is 0 Å². The van der Waals surface area contributed by atoms with Crippen molar-refractivity contribution in [3.8, 4) is 11.3 Å². The molecule has 0 unspecified atom stereocenters. The van der Waals surface area contributed by atoms with Crippen LogP contribution in [0.4, 0.5) is 5.95 Å². The van der Waals surface area contributed by atoms with Crippen molar-refractivity contribution < 1.29 is 10.2 Å². The summed E-state index contributed by atoms with van der Waals surface area (Å²) in [6.45, 7) is 1.92. The zero-order valence-corrected chi connectivity index (χ0v) is 12.2. The van der Waals surface area contributed by atoms with Gasteiger partial charge in [0.1, 0.15) is 0 Å². The highest BCUT2D eigenvalue weighted by molar-refractivity contribution is 5.96. The molecule has 0 aliphatic rings. The van der Waals surface area contributed by atoms with Gasteiger partial charge in [0.2, 0.25) is 5.95 Å². The Hall–Kier alpha value is -2.44. The quantitative estimate of drug-likeness (QED) is 0.575. The first kappa shape index (κ1) is 14.5. The summed E-state index contributed by atoms with van der Waals surface area (Å²) < 4.78 is 0. The lowest BCUT2D eigenvalue weighted by molar-refractivity contribution is 0.105. The summed E-state index contributed by atoms with van der Waals surface area (Å²) in [5, 5.41) is 22.3. The van der Waals surface area contributed by atoms with Gasteiger partial charge in [-0.05, 0) is 19.1 Å². The van der Waals surface area contributed by atoms with Crippen LogP contribution in [0.2, 0.25) is 0 Å². The minimum Gasteiger partial charge on any atom is -0.394 e. The molecule has 0 radical (unpaired) electrons. The van der Waals surface area contributed by atoms with Crippen molar-refractivity contribution in [3.63, 3.8) is 0 Å². The summed E-state index contributed by atoms with van der Waals surface area (Å²) in [6, 6.07) is 9.93. The molecule has 0 spiro atoms. The predicted octanol–water partition coefficient (Wildman–Crippen LogP) is 1.70. The Morgan fingerprint density at radius 2 is 2.09 bits per heavy atom. The number of rotatable bonds is 5. The Kier molecular flexibility index (Phi) is 4.04. The monoisotopic (exact) mass is 298 g/mol. The van der Waals surface area contributed by atoms with Crippen LogP contribution in [0.25, 0.3) is 22.2 Å². The van der Waals surface area contributed by atoms with Crippen molar-refractivity contribution in [1.29, 1.82) is 0 Å². The number of benzene rings is 1. The van der Waals surface area contributed by atoms with Gasteiger partial charge in [-0.25, -0.2) is 9.97 Å². The molecule has 1 aromatic carbocycles. The van der Waals surface area contributed by atoms with Gasteiger partial charge in [-0.3, -0.25) is 0 Å². The molecule has 6 heteroatoms. The van der Waals surface area contributed by atoms with E-state index in [-0.39, 0.29) is 13.2 Å². The van der Waals surface area contributed by atoms with Crippen molar-refractivity contribution in [2.45, 2.75) is 13.0 Å². The Morgan fingerprint density at radius 1 is 1.27 bits per heavy atom. The zero-order chi connectivity index (χ0) is 15.5. The maximum Gasteiger partial charge on any atom is 0.223 e. The largest absolute Gasteiger partial charge is 0.394 e. The average Bonchev–Trinajstić information content (AvgIpc) is 2.88. The number of aliphatic hydroxyl groups excluding tert-OH is 2. The van der Waals surface area contributed by atoms with Gasteiger partial charge in [-0.15, -0.1) is 0 Å². The lowest BCUT2D eigenvalue weighted by atomic mass is 10.1. The first-order chi connectivity index (χ1) is 10.7. The van der Waals surface area contributed by atoms with Crippen LogP contribution in [0.1, 0.15) is 5.69 Å². The molecule has 22 heavy (non-hydrogen) atoms. The van der Waals surface area contributed by atoms with Gasteiger partial charge < -0.3 is 20.5 Å². The van der Waals surface area contributed by atoms with Crippen LogP contribution >= 0.6 is 0 Å². The Bertz CT molecular complexity index is 785. The smallest absolute Gasteiger partial charge is 0.223 e. The summed E-state index contributed by atoms with van der Waals surface area (Å²) in [6.07, 6.45) is 0.846. The Morgan fingerprint density at radius 3 is 2.91 bits per heavy atom. The van der Waals surface area contributed by atoms with Crippen molar-refractivity contribution in [1.82, 2.24) is 15.0 Å². The van der Waals surface area contributed by atoms with E-state index in [1.165, 1.54) is 0 Å². The highest BCUT2D eigenvalue weighted by atomic mass is 16.3. The minimum atomic E-state index is -0.831. The molecular formula is C16H18N4O2. The number of hydrogen-bond donors (Lipinski definition) is 4. The minimum absolute atomic E-state index is 0.201. The second-order valence-corrected chi connectivity index (χ2v) is 5.15. The third-order valence-corrected chi connectivity index (χ3v) is 3.51. The molecule has 0 amide bonds. The highest BCUT2D eigenvalue weighted by Crippen LogP contribution is 2.30. The van der Waals surface area contributed by atoms with Crippen LogP contribution in [-0.4, -0.2) is 44.4 Å². The molecule has 0 saturated heterocycles. The van der Waals surface area contributed by atoms with E-state index in [9.17, 15) is 5.11 Å². The van der Waals surface area contributed by atoms with E-state index < -0.39 is 6.10 Å². The number of nitrogens with one attached hydrogen (secondary N) is 2. The fraction of sp³-hybridized carbons (Fsp3) is 0.250. The normalized spacial score (nSPS) is 12.5. The summed E-state index contributed by atoms with van der Waals surface area (Å²) in [5.41, 5.74) is 3.97. The second-order valence-electron chi connectivity index (χ2n) is 5.15. The molecule has 0 saturated carbocycles. The molecule has 1 atom stereocenters. The molecule has 2 heterocycles. The van der Waals surface area contributed by atoms with Gasteiger partial charge in [0.15, 0.2) is 0 Å². The number of fused-ring (bicyclic) bond motifs is 1. The number of H-pyrrole nitrogens is 1. The lowest BCUT2D eigenvalue weighted by Crippen LogP contribution is -2.23. The number of aromatic nitrogens is 3. The Labute approximate surface area is 127 Å². The van der Waals surface area contributed by atoms with E-state index >= 15 is 0 Å². The van der Waals surface area contributed by atoms with Gasteiger partial charge in [-0.2, -0.15) is 0 Å². The average molecular weight is 298 g/mol. The topological polar surface area (TPSA) is 94.1 Å². The van der Waals surface area contributed by atoms with Gasteiger partial charge in [-0.1, -0.05) is 18.2 Å². The summed E-state index contributed by atoms with van der Waals surface area (Å²) in [5.74, 6) is 0.426. The number of aliphatic hydroxyl groups is 2. The molecule has 114 valence electrons. The van der Waals surface area contributed by atoms with Crippen LogP contribution < -0.4 is 5.32 Å². The van der Waals surface area contributed by atoms with E-state index in [1.54, 1.807) is 6.20 Å². The summed E-state index contributed by atoms with van der Waals surface area (Å²) >= 11 is 0. The second kappa shape index (κ2) is 6.13. The van der Waals surface area contributed by atoms with Gasteiger partial charge >= 0.3 is 0 Å². The van der Waals surface area contributed by atoms with Crippen molar-refractivity contribution in [3.05, 3.63) is 42.2 Å². The van der Waals surface area contributed by atoms with Crippen LogP contribution in [0.5, 0.6) is 0 Å². The molecule has 0 fully saturated rings. The molecule has 0 bridgehead atoms. The van der Waals surface area contributed by atoms with E-state index in [2.05, 4.69) is 26.3 Å². The number of nitrogens with zero attached hydrogens (tertiary/aromatic N) is 2. The molecule has 4 N–H and O–H groups in total. The van der Waals surface area contributed by atoms with Crippen molar-refractivity contribution >= 4 is 16.9 Å². The van der Waals surface area contributed by atoms with E-state index in [0.717, 1.165) is 27.9 Å². The maximum atomic E-state index is 9.38. The molecule has 3 rings (SSSR count). The maximum absolute atomic E-state index is 9.38. The van der Waals surface area contributed by atoms with Crippen LogP contribution in [0.3, 0.4) is 0 Å². The Balaban J connectivity index is 1.95. The van der Waals surface area contributed by atoms with Gasteiger partial charge in [0.05, 0.1) is 18.4 Å². The summed E-state index contributed by atoms with van der Waals surface area (Å²) in [4.78, 5) is 12.0. The van der Waals surface area contributed by atoms with Crippen LogP contribution in [0, 0.1) is 6.92 Å². The standard InChI is InChI=1S/C16H18N4O2/c1-10-15(12-4-2-3-5-13(12)19-10)14-6-7-17-16(20-14)18-8-11(22)9-21/h2-7,11,19,21-22H,8-9H2,1H3,(H,17,18,20)/t11-/m0/s1. The van der Waals surface area contributed by atoms with E-state index in [4.69, 9.17) is 5.11 Å². The van der Waals surface area contributed by atoms with Gasteiger partial charge in [0, 0.05) is 34.9 Å². The lowest BCUT2D eigenvalue weighted by Gasteiger charge is -2.09. The SMILES string of the molecule is Cc1[nH]c2ccccc2c1-c1ccnc(NC[C@H](O)CO)n1. The third-order valence-electron chi connectivity index (χ3n) is 3.51. The first-order valence-corrected chi connectivity index (χ1v) is 7.12. The van der Waals surface area contributed by atoms with Crippen molar-refractivity contribution in [2.24, 2.45) is 0 Å². The fourth-order valence-corrected chi connectivity index (χ4v) is 2.46. The number of aryl methyl sites for hydroxylation is 1. The molecule has 2 aromatic heterocycles. The number of anilines is 1. The number of para-hydroxylation sites is 1. The summed E-state index contributed by atoms with van der Waals surface area (Å²) in [7, 11) is 0. The fourth-order valence-electron chi connectivity index (χ4n) is 2.46. The molecule has 3 aromatic rings. The van der Waals surface area contributed by atoms with Crippen molar-refractivity contribution in [2.75, 3.05) is 18.5 Å². The zero-order valence-electron chi connectivity index (χ0n) is 12.2. The molecular weight excluding hydrogens is 280 g/mol. The highest BCUT2D eigenvalue weighted by Gasteiger charge is 2.12. The van der Waals surface area contributed by atoms with Gasteiger partial charge in [0.25, 0.3) is 0 Å². The molecule has 0 aliphatic carbocycles. The third kappa shape index (κ3) is 2.79. The number of aromatic amines is 1. The van der Waals surface area contributed by atoms with Crippen LogP contribution in [0.15, 0.2) is 36.5 Å². The van der Waals surface area contributed by atoms with E-state index in [1.807, 2.05) is 31.2 Å². The molecule has 0 aliphatic heterocycles. The predicted molar refractivity (Wildman–Crippen MR) is 85.6 cm³/mol. The number of hydrogen-bond acceptors (Lipinski definition) is 5. The molecule has 6 nitrogen and oxygen atoms in total. The first-order valence-electron chi connectivity index (χ1n) is 7.12.